The highest BCUT2D eigenvalue weighted by Crippen LogP contribution is 2.22. The van der Waals surface area contributed by atoms with Crippen molar-refractivity contribution in [2.24, 2.45) is 11.7 Å². The molecule has 1 heterocycles. The van der Waals surface area contributed by atoms with E-state index in [0.717, 1.165) is 31.9 Å². The molecule has 3 atom stereocenters. The molecule has 1 aliphatic rings. The lowest BCUT2D eigenvalue weighted by Gasteiger charge is -2.39. The molecule has 0 saturated carbocycles. The summed E-state index contributed by atoms with van der Waals surface area (Å²) < 4.78 is 5.05. The first-order valence-electron chi connectivity index (χ1n) is 6.63. The van der Waals surface area contributed by atoms with Gasteiger partial charge in [0.05, 0.1) is 0 Å². The molecule has 0 bridgehead atoms. The Hall–Kier alpha value is -0.120. The standard InChI is InChI=1S/C13H28N2O/c1-11-6-4-8-15(12(11)2)10-13(14)7-5-9-16-3/h11-13H,4-10,14H2,1-3H3. The fourth-order valence-electron chi connectivity index (χ4n) is 2.56. The molecule has 3 unspecified atom stereocenters. The molecule has 0 aliphatic carbocycles. The molecule has 1 saturated heterocycles. The molecular formula is C13H28N2O. The van der Waals surface area contributed by atoms with Crippen LogP contribution in [-0.4, -0.2) is 43.8 Å². The van der Waals surface area contributed by atoms with Crippen LogP contribution in [0, 0.1) is 5.92 Å². The fraction of sp³-hybridized carbons (Fsp3) is 1.00. The Labute approximate surface area is 100 Å². The zero-order valence-electron chi connectivity index (χ0n) is 11.1. The van der Waals surface area contributed by atoms with E-state index in [1.54, 1.807) is 7.11 Å². The zero-order valence-corrected chi connectivity index (χ0v) is 11.1. The molecule has 96 valence electrons. The summed E-state index contributed by atoms with van der Waals surface area (Å²) in [6, 6.07) is 1.00. The number of nitrogens with zero attached hydrogens (tertiary/aromatic N) is 1. The van der Waals surface area contributed by atoms with Crippen LogP contribution in [0.25, 0.3) is 0 Å². The molecule has 0 radical (unpaired) electrons. The predicted octanol–water partition coefficient (Wildman–Crippen LogP) is 1.86. The van der Waals surface area contributed by atoms with E-state index in [1.165, 1.54) is 19.4 Å². The van der Waals surface area contributed by atoms with Crippen LogP contribution in [0.2, 0.25) is 0 Å². The third kappa shape index (κ3) is 4.40. The highest BCUT2D eigenvalue weighted by atomic mass is 16.5. The highest BCUT2D eigenvalue weighted by molar-refractivity contribution is 4.81. The number of nitrogens with two attached hydrogens (primary N) is 1. The van der Waals surface area contributed by atoms with Crippen molar-refractivity contribution in [3.8, 4) is 0 Å². The summed E-state index contributed by atoms with van der Waals surface area (Å²) >= 11 is 0. The maximum absolute atomic E-state index is 6.16. The Morgan fingerprint density at radius 1 is 1.44 bits per heavy atom. The Balaban J connectivity index is 2.23. The number of piperidine rings is 1. The Bertz CT molecular complexity index is 187. The SMILES string of the molecule is COCCCC(N)CN1CCCC(C)C1C. The second kappa shape index (κ2) is 7.25. The average molecular weight is 228 g/mol. The van der Waals surface area contributed by atoms with Crippen molar-refractivity contribution in [1.82, 2.24) is 4.90 Å². The molecule has 0 aromatic carbocycles. The lowest BCUT2D eigenvalue weighted by molar-refractivity contribution is 0.104. The number of hydrogen-bond donors (Lipinski definition) is 1. The number of ether oxygens (including phenoxy) is 1. The van der Waals surface area contributed by atoms with Gasteiger partial charge in [0.1, 0.15) is 0 Å². The molecular weight excluding hydrogens is 200 g/mol. The minimum Gasteiger partial charge on any atom is -0.385 e. The maximum atomic E-state index is 6.16. The van der Waals surface area contributed by atoms with Gasteiger partial charge >= 0.3 is 0 Å². The quantitative estimate of drug-likeness (QED) is 0.705. The number of hydrogen-bond acceptors (Lipinski definition) is 3. The first kappa shape index (κ1) is 13.9. The Morgan fingerprint density at radius 2 is 2.19 bits per heavy atom. The summed E-state index contributed by atoms with van der Waals surface area (Å²) in [6.45, 7) is 7.80. The molecule has 1 fully saturated rings. The molecule has 16 heavy (non-hydrogen) atoms. The van der Waals surface area contributed by atoms with Crippen molar-refractivity contribution in [3.05, 3.63) is 0 Å². The van der Waals surface area contributed by atoms with Crippen LogP contribution in [0.5, 0.6) is 0 Å². The lowest BCUT2D eigenvalue weighted by Crippen LogP contribution is -2.47. The fourth-order valence-corrected chi connectivity index (χ4v) is 2.56. The van der Waals surface area contributed by atoms with Crippen LogP contribution in [0.1, 0.15) is 39.5 Å². The molecule has 0 aromatic rings. The van der Waals surface area contributed by atoms with Crippen molar-refractivity contribution >= 4 is 0 Å². The monoisotopic (exact) mass is 228 g/mol. The van der Waals surface area contributed by atoms with Crippen LogP contribution in [-0.2, 0) is 4.74 Å². The van der Waals surface area contributed by atoms with E-state index in [-0.39, 0.29) is 0 Å². The zero-order chi connectivity index (χ0) is 12.0. The highest BCUT2D eigenvalue weighted by Gasteiger charge is 2.25. The van der Waals surface area contributed by atoms with Gasteiger partial charge < -0.3 is 10.5 Å². The van der Waals surface area contributed by atoms with Gasteiger partial charge in [-0.2, -0.15) is 0 Å². The van der Waals surface area contributed by atoms with Gasteiger partial charge in [-0.1, -0.05) is 6.92 Å². The average Bonchev–Trinajstić information content (AvgIpc) is 2.25. The number of methoxy groups -OCH3 is 1. The molecule has 1 rings (SSSR count). The summed E-state index contributed by atoms with van der Waals surface area (Å²) in [5.74, 6) is 0.819. The third-order valence-corrected chi connectivity index (χ3v) is 3.90. The maximum Gasteiger partial charge on any atom is 0.0462 e. The van der Waals surface area contributed by atoms with Gasteiger partial charge in [-0.15, -0.1) is 0 Å². The second-order valence-corrected chi connectivity index (χ2v) is 5.25. The molecule has 0 aromatic heterocycles. The van der Waals surface area contributed by atoms with E-state index >= 15 is 0 Å². The van der Waals surface area contributed by atoms with E-state index < -0.39 is 0 Å². The minimum atomic E-state index is 0.308. The molecule has 0 spiro atoms. The van der Waals surface area contributed by atoms with Gasteiger partial charge in [-0.05, 0) is 45.1 Å². The van der Waals surface area contributed by atoms with Crippen molar-refractivity contribution in [3.63, 3.8) is 0 Å². The summed E-state index contributed by atoms with van der Waals surface area (Å²) in [4.78, 5) is 2.56. The van der Waals surface area contributed by atoms with Gasteiger partial charge in [0, 0.05) is 32.3 Å². The van der Waals surface area contributed by atoms with Gasteiger partial charge in [0.25, 0.3) is 0 Å². The number of likely N-dealkylation sites (tertiary alicyclic amines) is 1. The first-order valence-corrected chi connectivity index (χ1v) is 6.63. The second-order valence-electron chi connectivity index (χ2n) is 5.25. The molecule has 3 nitrogen and oxygen atoms in total. The van der Waals surface area contributed by atoms with Crippen molar-refractivity contribution in [2.45, 2.75) is 51.6 Å². The van der Waals surface area contributed by atoms with E-state index in [0.29, 0.717) is 12.1 Å². The van der Waals surface area contributed by atoms with Crippen molar-refractivity contribution < 1.29 is 4.74 Å². The van der Waals surface area contributed by atoms with Crippen molar-refractivity contribution in [1.29, 1.82) is 0 Å². The summed E-state index contributed by atoms with van der Waals surface area (Å²) in [5.41, 5.74) is 6.16. The first-order chi connectivity index (χ1) is 7.65. The van der Waals surface area contributed by atoms with Gasteiger partial charge in [-0.25, -0.2) is 0 Å². The third-order valence-electron chi connectivity index (χ3n) is 3.90. The van der Waals surface area contributed by atoms with Gasteiger partial charge in [-0.3, -0.25) is 4.90 Å². The number of rotatable bonds is 6. The molecule has 1 aliphatic heterocycles. The van der Waals surface area contributed by atoms with Crippen LogP contribution in [0.4, 0.5) is 0 Å². The van der Waals surface area contributed by atoms with Crippen molar-refractivity contribution in [2.75, 3.05) is 26.8 Å². The summed E-state index contributed by atoms with van der Waals surface area (Å²) in [5, 5.41) is 0. The van der Waals surface area contributed by atoms with E-state index in [2.05, 4.69) is 18.7 Å². The van der Waals surface area contributed by atoms with Crippen LogP contribution >= 0.6 is 0 Å². The lowest BCUT2D eigenvalue weighted by atomic mass is 9.91. The molecule has 2 N–H and O–H groups in total. The normalized spacial score (nSPS) is 29.2. The summed E-state index contributed by atoms with van der Waals surface area (Å²) in [7, 11) is 1.75. The molecule has 0 amide bonds. The largest absolute Gasteiger partial charge is 0.385 e. The smallest absolute Gasteiger partial charge is 0.0462 e. The molecule has 3 heteroatoms. The summed E-state index contributed by atoms with van der Waals surface area (Å²) in [6.07, 6.45) is 4.85. The van der Waals surface area contributed by atoms with E-state index in [4.69, 9.17) is 10.5 Å². The predicted molar refractivity (Wildman–Crippen MR) is 68.5 cm³/mol. The van der Waals surface area contributed by atoms with Crippen LogP contribution in [0.3, 0.4) is 0 Å². The minimum absolute atomic E-state index is 0.308. The van der Waals surface area contributed by atoms with E-state index in [1.807, 2.05) is 0 Å². The van der Waals surface area contributed by atoms with Crippen LogP contribution < -0.4 is 5.73 Å². The Kier molecular flexibility index (Phi) is 6.32. The van der Waals surface area contributed by atoms with E-state index in [9.17, 15) is 0 Å². The van der Waals surface area contributed by atoms with Gasteiger partial charge in [0.2, 0.25) is 0 Å². The van der Waals surface area contributed by atoms with Crippen LogP contribution in [0.15, 0.2) is 0 Å². The van der Waals surface area contributed by atoms with Gasteiger partial charge in [0.15, 0.2) is 0 Å². The Morgan fingerprint density at radius 3 is 2.88 bits per heavy atom. The topological polar surface area (TPSA) is 38.5 Å².